The number of hydrogen-bond donors (Lipinski definition) is 10. The first-order chi connectivity index (χ1) is 60.4. The second-order valence-electron chi connectivity index (χ2n) is 31.5. The number of H-pyrrole nitrogens is 1. The number of anilines is 4. The van der Waals surface area contributed by atoms with Crippen molar-refractivity contribution in [2.75, 3.05) is 179 Å². The van der Waals surface area contributed by atoms with Crippen LogP contribution in [-0.2, 0) is 90.7 Å². The van der Waals surface area contributed by atoms with Crippen LogP contribution in [0.15, 0.2) is 96.7 Å². The van der Waals surface area contributed by atoms with E-state index in [1.807, 2.05) is 11.0 Å². The van der Waals surface area contributed by atoms with Crippen LogP contribution in [0.25, 0.3) is 22.0 Å². The second-order valence-corrected chi connectivity index (χ2v) is 31.5. The van der Waals surface area contributed by atoms with E-state index in [1.54, 1.807) is 111 Å². The van der Waals surface area contributed by atoms with Gasteiger partial charge in [0.05, 0.1) is 96.3 Å². The summed E-state index contributed by atoms with van der Waals surface area (Å²) in [6.45, 7) is 18.9. The molecule has 10 N–H and O–H groups in total. The van der Waals surface area contributed by atoms with Gasteiger partial charge in [-0.15, -0.1) is 0 Å². The molecule has 0 aliphatic carbocycles. The molecule has 0 atom stereocenters. The molecule has 0 spiro atoms. The smallest absolute Gasteiger partial charge is 0.291 e. The number of aryl methyl sites for hydroxylation is 8. The minimum absolute atomic E-state index is 0.00734. The summed E-state index contributed by atoms with van der Waals surface area (Å²) in [4.78, 5) is 153. The molecule has 2 aliphatic rings. The number of aromatic nitrogens is 10. The fourth-order valence-corrected chi connectivity index (χ4v) is 14.5. The highest BCUT2D eigenvalue weighted by atomic mass is 19.1. The fourth-order valence-electron chi connectivity index (χ4n) is 14.5. The first-order valence-corrected chi connectivity index (χ1v) is 41.9. The van der Waals surface area contributed by atoms with Gasteiger partial charge in [0.2, 0.25) is 29.4 Å². The van der Waals surface area contributed by atoms with Gasteiger partial charge in [0.1, 0.15) is 39.9 Å². The highest BCUT2D eigenvalue weighted by Crippen LogP contribution is 2.41. The zero-order valence-electron chi connectivity index (χ0n) is 72.9. The van der Waals surface area contributed by atoms with E-state index < -0.39 is 47.0 Å². The van der Waals surface area contributed by atoms with Crippen molar-refractivity contribution in [3.8, 4) is 22.6 Å². The van der Waals surface area contributed by atoms with Crippen molar-refractivity contribution >= 4 is 87.1 Å². The number of pyridine rings is 1. The monoisotopic (exact) mass is 1750 g/mol. The largest absolute Gasteiger partial charge is 0.456 e. The molecule has 126 heavy (non-hydrogen) atoms. The molecular weight excluding hydrogens is 1630 g/mol. The lowest BCUT2D eigenvalue weighted by atomic mass is 9.93. The van der Waals surface area contributed by atoms with Gasteiger partial charge in [-0.25, -0.2) is 19.3 Å². The van der Waals surface area contributed by atoms with Gasteiger partial charge in [0, 0.05) is 200 Å². The number of fused-ring (bicyclic) bond motifs is 1. The number of amides is 9. The number of hydrogen-bond acceptors (Lipinski definition) is 23. The van der Waals surface area contributed by atoms with Crippen LogP contribution < -0.4 is 52.8 Å². The first-order valence-electron chi connectivity index (χ1n) is 41.9. The number of rotatable bonds is 46. The summed E-state index contributed by atoms with van der Waals surface area (Å²) in [6.07, 6.45) is 12.3. The summed E-state index contributed by atoms with van der Waals surface area (Å²) in [6, 6.07) is 12.9. The van der Waals surface area contributed by atoms with E-state index >= 15 is 0 Å². The summed E-state index contributed by atoms with van der Waals surface area (Å²) in [7, 11) is 9.70. The van der Waals surface area contributed by atoms with Crippen LogP contribution in [0.1, 0.15) is 126 Å². The van der Waals surface area contributed by atoms with Gasteiger partial charge in [0.25, 0.3) is 41.0 Å². The molecule has 0 unspecified atom stereocenters. The van der Waals surface area contributed by atoms with E-state index in [0.29, 0.717) is 148 Å². The van der Waals surface area contributed by atoms with Crippen molar-refractivity contribution in [3.05, 3.63) is 159 Å². The lowest BCUT2D eigenvalue weighted by Crippen LogP contribution is -2.49. The molecule has 11 rings (SSSR count). The second kappa shape index (κ2) is 45.0. The number of piperazine rings is 1. The van der Waals surface area contributed by atoms with Crippen molar-refractivity contribution < 1.29 is 85.8 Å². The van der Waals surface area contributed by atoms with Crippen molar-refractivity contribution in [3.63, 3.8) is 0 Å². The van der Waals surface area contributed by atoms with Gasteiger partial charge in [-0.2, -0.15) is 0 Å². The van der Waals surface area contributed by atoms with E-state index in [-0.39, 0.29) is 127 Å². The Morgan fingerprint density at radius 3 is 1.52 bits per heavy atom. The van der Waals surface area contributed by atoms with E-state index in [4.69, 9.17) is 33.2 Å². The number of piperidine rings is 1. The summed E-state index contributed by atoms with van der Waals surface area (Å²) < 4.78 is 63.6. The molecule has 2 aliphatic heterocycles. The number of benzene rings is 2. The zero-order chi connectivity index (χ0) is 90.1. The van der Waals surface area contributed by atoms with Crippen molar-refractivity contribution in [1.82, 2.24) is 83.3 Å². The highest BCUT2D eigenvalue weighted by Gasteiger charge is 2.31. The van der Waals surface area contributed by atoms with Crippen LogP contribution in [0.2, 0.25) is 0 Å². The van der Waals surface area contributed by atoms with E-state index in [0.717, 1.165) is 52.1 Å². The lowest BCUT2D eigenvalue weighted by Gasteiger charge is -2.38. The van der Waals surface area contributed by atoms with Gasteiger partial charge in [-0.05, 0) is 106 Å². The maximum atomic E-state index is 14.3. The topological polar surface area (TPSA) is 446 Å². The number of ether oxygens (including phenoxy) is 7. The number of carbonyl (C=O) groups is 9. The Balaban J connectivity index is 0.453. The number of aromatic amines is 1. The molecule has 2 aromatic carbocycles. The quantitative estimate of drug-likeness (QED) is 0.0231. The number of aliphatic hydroxyl groups is 1. The number of likely N-dealkylation sites (tertiary alicyclic amines) is 1. The third kappa shape index (κ3) is 26.6. The van der Waals surface area contributed by atoms with Crippen molar-refractivity contribution in [1.29, 1.82) is 0 Å². The number of nitrogens with one attached hydrogen (secondary N) is 9. The zero-order valence-corrected chi connectivity index (χ0v) is 72.9. The Labute approximate surface area is 727 Å². The summed E-state index contributed by atoms with van der Waals surface area (Å²) >= 11 is 0. The molecule has 2 fully saturated rings. The molecule has 9 heterocycles. The van der Waals surface area contributed by atoms with Crippen LogP contribution in [0.3, 0.4) is 0 Å². The molecule has 678 valence electrons. The minimum atomic E-state index is -1.20. The molecule has 0 radical (unpaired) electrons. The summed E-state index contributed by atoms with van der Waals surface area (Å²) in [5, 5.41) is 33.0. The average Bonchev–Trinajstić information content (AvgIpc) is 1.54. The van der Waals surface area contributed by atoms with Crippen LogP contribution in [0.5, 0.6) is 11.5 Å². The van der Waals surface area contributed by atoms with Crippen molar-refractivity contribution in [2.24, 2.45) is 48.2 Å². The van der Waals surface area contributed by atoms with E-state index in [9.17, 15) is 57.4 Å². The van der Waals surface area contributed by atoms with Crippen LogP contribution in [-0.4, -0.2) is 278 Å². The SMILES string of the molecule is Cc1cc(F)cc(C)c1Oc1ccc(C(C)(C)O)cc1-c1cn(C)c(=O)c2[nH]c(C(=O)N3CCC(CN4CCN(CCOCCOCCOCCOCCOCCOCCNC(=O)CCNC(=O)c5nc(NC(=O)CCNC(=O)c6cc(NC(=O)c7nc(NC(=O)CCNC(=O)c8cc(NC(=O)c9nccn9C)cn8C)cn7C)cn6C)cn5C)CC4)CC3)cc12. The van der Waals surface area contributed by atoms with Gasteiger partial charge in [-0.1, -0.05) is 6.07 Å². The van der Waals surface area contributed by atoms with Crippen LogP contribution in [0, 0.1) is 25.6 Å². The third-order valence-electron chi connectivity index (χ3n) is 21.3. The molecule has 0 saturated carbocycles. The minimum Gasteiger partial charge on any atom is -0.456 e. The Morgan fingerprint density at radius 2 is 1.00 bits per heavy atom. The van der Waals surface area contributed by atoms with Gasteiger partial charge < -0.3 is 123 Å². The molecule has 2 saturated heterocycles. The molecular formula is C86H114FN21O18. The number of halogens is 1. The fraction of sp³-hybridized carbons (Fsp3) is 0.477. The Morgan fingerprint density at radius 1 is 0.508 bits per heavy atom. The first kappa shape index (κ1) is 94.4. The molecule has 40 heteroatoms. The van der Waals surface area contributed by atoms with E-state index in [1.165, 1.54) is 71.9 Å². The lowest BCUT2D eigenvalue weighted by molar-refractivity contribution is -0.121. The number of carbonyl (C=O) groups excluding carboxylic acids is 9. The van der Waals surface area contributed by atoms with Crippen LogP contribution >= 0.6 is 0 Å². The van der Waals surface area contributed by atoms with Crippen molar-refractivity contribution in [2.45, 2.75) is 65.4 Å². The van der Waals surface area contributed by atoms with Gasteiger partial charge in [0.15, 0.2) is 17.5 Å². The molecule has 9 amide bonds. The normalized spacial score (nSPS) is 13.4. The van der Waals surface area contributed by atoms with E-state index in [2.05, 4.69) is 72.3 Å². The number of nitrogens with zero attached hydrogens (tertiary/aromatic N) is 12. The molecule has 7 aromatic heterocycles. The Hall–Kier alpha value is -12.3. The molecule has 0 bridgehead atoms. The predicted molar refractivity (Wildman–Crippen MR) is 464 cm³/mol. The third-order valence-corrected chi connectivity index (χ3v) is 21.3. The summed E-state index contributed by atoms with van der Waals surface area (Å²) in [5.41, 5.74) is 3.26. The van der Waals surface area contributed by atoms with Gasteiger partial charge in [-0.3, -0.25) is 52.8 Å². The molecule has 9 aromatic rings. The maximum Gasteiger partial charge on any atom is 0.291 e. The predicted octanol–water partition coefficient (Wildman–Crippen LogP) is 4.71. The van der Waals surface area contributed by atoms with Crippen LogP contribution in [0.4, 0.5) is 27.4 Å². The Bertz CT molecular complexity index is 5340. The average molecular weight is 1750 g/mol. The molecule has 39 nitrogen and oxygen atoms in total. The Kier molecular flexibility index (Phi) is 33.8. The highest BCUT2D eigenvalue weighted by molar-refractivity contribution is 6.06. The van der Waals surface area contributed by atoms with Gasteiger partial charge >= 0.3 is 0 Å². The number of imidazole rings is 3. The maximum absolute atomic E-state index is 14.3. The standard InChI is InChI=1S/C86H114FN21O18/c1-55-43-59(87)44-56(2)75(55)126-68-12-11-58(86(3,4)119)45-62(68)64-52-105(10)85(118)74-63(64)48-65(95-74)84(117)108-23-16-57(17-24-108)49-107-28-26-106(27-29-107)30-32-121-34-36-123-38-40-125-42-41-124-39-37-122-35-33-120-31-22-88-71(109)13-18-92-81(114)77-98-69(53-103(77)8)96-72(110)14-19-91-80(113)67-47-61(51-102(67)7)94-83(116)78-99-70(54-104(78)9)97-73(111)15-20-90-79(112)66-46-60(50-101(66)6)93-82(115)76-89-21-25-100(76)5/h11-12,21,25,43-48,50-54,57,95,119H,13-20,22-24,26-42,49H2,1-10H3,(H,88,109)(H,90,112)(H,91,113)(H,92,114)(H,93,115)(H,94,116)(H,96,110)(H,97,111). The summed E-state index contributed by atoms with van der Waals surface area (Å²) in [5.74, 6) is -2.79.